The van der Waals surface area contributed by atoms with Crippen molar-refractivity contribution in [2.24, 2.45) is 0 Å². The molecule has 2 aromatic rings. The summed E-state index contributed by atoms with van der Waals surface area (Å²) in [4.78, 5) is 22.9. The Morgan fingerprint density at radius 1 is 1.37 bits per heavy atom. The number of anilines is 1. The highest BCUT2D eigenvalue weighted by Gasteiger charge is 2.15. The van der Waals surface area contributed by atoms with Crippen molar-refractivity contribution in [1.82, 2.24) is 14.5 Å². The summed E-state index contributed by atoms with van der Waals surface area (Å²) in [5.41, 5.74) is 0.420. The average molecular weight is 255 g/mol. The van der Waals surface area contributed by atoms with E-state index in [2.05, 4.69) is 14.9 Å². The van der Waals surface area contributed by atoms with Crippen LogP contribution in [0.1, 0.15) is 12.8 Å². The molecule has 3 rings (SSSR count). The molecule has 6 nitrogen and oxygen atoms in total. The SMILES string of the molecule is N#CCn1ccc2nc(N3CCCC3)ncc2c1=O. The van der Waals surface area contributed by atoms with Gasteiger partial charge in [-0.05, 0) is 18.9 Å². The van der Waals surface area contributed by atoms with Crippen LogP contribution in [0, 0.1) is 11.3 Å². The summed E-state index contributed by atoms with van der Waals surface area (Å²) in [6.45, 7) is 1.98. The van der Waals surface area contributed by atoms with Gasteiger partial charge in [0.25, 0.3) is 5.56 Å². The number of fused-ring (bicyclic) bond motifs is 1. The lowest BCUT2D eigenvalue weighted by atomic mass is 10.3. The Balaban J connectivity index is 2.08. The number of hydrogen-bond donors (Lipinski definition) is 0. The van der Waals surface area contributed by atoms with Gasteiger partial charge in [-0.3, -0.25) is 4.79 Å². The molecule has 1 fully saturated rings. The molecule has 96 valence electrons. The van der Waals surface area contributed by atoms with Crippen molar-refractivity contribution >= 4 is 16.9 Å². The minimum absolute atomic E-state index is 0.0443. The van der Waals surface area contributed by atoms with Crippen LogP contribution < -0.4 is 10.5 Å². The van der Waals surface area contributed by atoms with Gasteiger partial charge in [-0.15, -0.1) is 0 Å². The van der Waals surface area contributed by atoms with E-state index >= 15 is 0 Å². The van der Waals surface area contributed by atoms with E-state index in [1.165, 1.54) is 4.57 Å². The van der Waals surface area contributed by atoms with Gasteiger partial charge >= 0.3 is 0 Å². The van der Waals surface area contributed by atoms with Crippen molar-refractivity contribution in [3.63, 3.8) is 0 Å². The highest BCUT2D eigenvalue weighted by atomic mass is 16.1. The Kier molecular flexibility index (Phi) is 2.88. The molecule has 0 aliphatic carbocycles. The molecule has 2 aromatic heterocycles. The number of hydrogen-bond acceptors (Lipinski definition) is 5. The third-order valence-electron chi connectivity index (χ3n) is 3.34. The fourth-order valence-electron chi connectivity index (χ4n) is 2.33. The van der Waals surface area contributed by atoms with Gasteiger partial charge in [0.05, 0.1) is 17.0 Å². The topological polar surface area (TPSA) is 74.8 Å². The van der Waals surface area contributed by atoms with Gasteiger partial charge in [0.15, 0.2) is 0 Å². The van der Waals surface area contributed by atoms with Crippen molar-refractivity contribution < 1.29 is 0 Å². The fourth-order valence-corrected chi connectivity index (χ4v) is 2.33. The van der Waals surface area contributed by atoms with Crippen molar-refractivity contribution in [2.75, 3.05) is 18.0 Å². The smallest absolute Gasteiger partial charge is 0.262 e. The molecule has 0 atom stereocenters. The van der Waals surface area contributed by atoms with Gasteiger partial charge in [-0.2, -0.15) is 5.26 Å². The molecule has 0 saturated carbocycles. The van der Waals surface area contributed by atoms with Crippen molar-refractivity contribution in [3.8, 4) is 6.07 Å². The highest BCUT2D eigenvalue weighted by Crippen LogP contribution is 2.17. The normalized spacial score (nSPS) is 14.8. The first-order valence-corrected chi connectivity index (χ1v) is 6.28. The maximum atomic E-state index is 12.1. The van der Waals surface area contributed by atoms with Gasteiger partial charge in [-0.25, -0.2) is 9.97 Å². The van der Waals surface area contributed by atoms with E-state index in [1.807, 2.05) is 6.07 Å². The van der Waals surface area contributed by atoms with Gasteiger partial charge in [-0.1, -0.05) is 0 Å². The number of nitrogens with zero attached hydrogens (tertiary/aromatic N) is 5. The first kappa shape index (κ1) is 11.7. The van der Waals surface area contributed by atoms with E-state index in [4.69, 9.17) is 5.26 Å². The molecular weight excluding hydrogens is 242 g/mol. The first-order chi connectivity index (χ1) is 9.29. The molecule has 1 aliphatic rings. The summed E-state index contributed by atoms with van der Waals surface area (Å²) in [6.07, 6.45) is 5.48. The predicted molar refractivity (Wildman–Crippen MR) is 70.9 cm³/mol. The van der Waals surface area contributed by atoms with Crippen LogP contribution in [-0.2, 0) is 6.54 Å². The minimum atomic E-state index is -0.216. The third-order valence-corrected chi connectivity index (χ3v) is 3.34. The van der Waals surface area contributed by atoms with Crippen molar-refractivity contribution in [3.05, 3.63) is 28.8 Å². The summed E-state index contributed by atoms with van der Waals surface area (Å²) in [7, 11) is 0. The first-order valence-electron chi connectivity index (χ1n) is 6.28. The van der Waals surface area contributed by atoms with E-state index in [-0.39, 0.29) is 12.1 Å². The van der Waals surface area contributed by atoms with E-state index in [9.17, 15) is 4.79 Å². The molecule has 0 amide bonds. The number of nitriles is 1. The van der Waals surface area contributed by atoms with Crippen LogP contribution in [0.4, 0.5) is 5.95 Å². The zero-order valence-electron chi connectivity index (χ0n) is 10.4. The Bertz CT molecular complexity index is 709. The lowest BCUT2D eigenvalue weighted by Crippen LogP contribution is -2.22. The quantitative estimate of drug-likeness (QED) is 0.797. The van der Waals surface area contributed by atoms with Crippen LogP contribution in [0.15, 0.2) is 23.3 Å². The zero-order chi connectivity index (χ0) is 13.2. The molecule has 0 N–H and O–H groups in total. The van der Waals surface area contributed by atoms with Crippen LogP contribution in [0.2, 0.25) is 0 Å². The molecular formula is C13H13N5O. The number of aromatic nitrogens is 3. The number of rotatable bonds is 2. The molecule has 0 unspecified atom stereocenters. The second-order valence-electron chi connectivity index (χ2n) is 4.57. The van der Waals surface area contributed by atoms with E-state index < -0.39 is 0 Å². The Morgan fingerprint density at radius 3 is 2.89 bits per heavy atom. The molecule has 1 saturated heterocycles. The summed E-state index contributed by atoms with van der Waals surface area (Å²) < 4.78 is 1.36. The van der Waals surface area contributed by atoms with Crippen LogP contribution >= 0.6 is 0 Å². The third kappa shape index (κ3) is 2.03. The van der Waals surface area contributed by atoms with Gasteiger partial charge in [0, 0.05) is 25.5 Å². The molecule has 3 heterocycles. The van der Waals surface area contributed by atoms with Crippen LogP contribution in [0.3, 0.4) is 0 Å². The zero-order valence-corrected chi connectivity index (χ0v) is 10.4. The summed E-state index contributed by atoms with van der Waals surface area (Å²) in [5, 5.41) is 9.12. The van der Waals surface area contributed by atoms with Crippen LogP contribution in [0.25, 0.3) is 10.9 Å². The maximum Gasteiger partial charge on any atom is 0.262 e. The minimum Gasteiger partial charge on any atom is -0.341 e. The average Bonchev–Trinajstić information content (AvgIpc) is 2.96. The van der Waals surface area contributed by atoms with E-state index in [0.717, 1.165) is 25.9 Å². The largest absolute Gasteiger partial charge is 0.341 e. The fraction of sp³-hybridized carbons (Fsp3) is 0.385. The summed E-state index contributed by atoms with van der Waals surface area (Å²) in [6, 6.07) is 3.72. The standard InChI is InChI=1S/C13H13N5O/c14-4-8-17-7-3-11-10(12(17)19)9-15-13(16-11)18-5-1-2-6-18/h3,7,9H,1-2,5-6,8H2. The monoisotopic (exact) mass is 255 g/mol. The van der Waals surface area contributed by atoms with E-state index in [1.54, 1.807) is 18.5 Å². The molecule has 0 aromatic carbocycles. The molecule has 0 spiro atoms. The van der Waals surface area contributed by atoms with Gasteiger partial charge in [0.1, 0.15) is 6.54 Å². The lowest BCUT2D eigenvalue weighted by molar-refractivity contribution is 0.795. The van der Waals surface area contributed by atoms with Crippen LogP contribution in [0.5, 0.6) is 0 Å². The molecule has 0 bridgehead atoms. The molecule has 0 radical (unpaired) electrons. The van der Waals surface area contributed by atoms with E-state index in [0.29, 0.717) is 16.9 Å². The Morgan fingerprint density at radius 2 is 2.16 bits per heavy atom. The van der Waals surface area contributed by atoms with Crippen molar-refractivity contribution in [1.29, 1.82) is 5.26 Å². The van der Waals surface area contributed by atoms with Crippen molar-refractivity contribution in [2.45, 2.75) is 19.4 Å². The number of pyridine rings is 1. The lowest BCUT2D eigenvalue weighted by Gasteiger charge is -2.14. The highest BCUT2D eigenvalue weighted by molar-refractivity contribution is 5.77. The molecule has 19 heavy (non-hydrogen) atoms. The predicted octanol–water partition coefficient (Wildman–Crippen LogP) is 0.915. The van der Waals surface area contributed by atoms with Gasteiger partial charge in [0.2, 0.25) is 5.95 Å². The second kappa shape index (κ2) is 4.69. The summed E-state index contributed by atoms with van der Waals surface area (Å²) >= 11 is 0. The Labute approximate surface area is 109 Å². The summed E-state index contributed by atoms with van der Waals surface area (Å²) in [5.74, 6) is 0.683. The van der Waals surface area contributed by atoms with Crippen LogP contribution in [-0.4, -0.2) is 27.6 Å². The Hall–Kier alpha value is -2.42. The maximum absolute atomic E-state index is 12.1. The molecule has 6 heteroatoms. The second-order valence-corrected chi connectivity index (χ2v) is 4.57. The molecule has 1 aliphatic heterocycles. The van der Waals surface area contributed by atoms with Gasteiger partial charge < -0.3 is 9.47 Å².